The number of fused-ring (bicyclic) bond motifs is 1. The quantitative estimate of drug-likeness (QED) is 0.773. The lowest BCUT2D eigenvalue weighted by atomic mass is 10.0. The second-order valence-electron chi connectivity index (χ2n) is 6.01. The van der Waals surface area contributed by atoms with E-state index in [9.17, 15) is 23.1 Å². The van der Waals surface area contributed by atoms with Crippen molar-refractivity contribution in [2.24, 2.45) is 4.40 Å². The second-order valence-corrected chi connectivity index (χ2v) is 7.61. The van der Waals surface area contributed by atoms with Crippen LogP contribution >= 0.6 is 0 Å². The van der Waals surface area contributed by atoms with Crippen LogP contribution < -0.4 is 15.2 Å². The Morgan fingerprint density at radius 3 is 2.64 bits per heavy atom. The lowest BCUT2D eigenvalue weighted by molar-refractivity contribution is -0.326. The van der Waals surface area contributed by atoms with E-state index >= 15 is 0 Å². The van der Waals surface area contributed by atoms with E-state index in [0.717, 1.165) is 4.90 Å². The van der Waals surface area contributed by atoms with Gasteiger partial charge in [-0.2, -0.15) is 12.8 Å². The minimum atomic E-state index is -4.13. The minimum absolute atomic E-state index is 0.0140. The Labute approximate surface area is 161 Å². The molecule has 146 valence electrons. The maximum atomic E-state index is 12.6. The number of hydrogen-bond acceptors (Lipinski definition) is 6. The number of nitrogens with one attached hydrogen (secondary N) is 1. The summed E-state index contributed by atoms with van der Waals surface area (Å²) >= 11 is 0. The third-order valence-corrected chi connectivity index (χ3v) is 5.38. The summed E-state index contributed by atoms with van der Waals surface area (Å²) < 4.78 is 34.1. The highest BCUT2D eigenvalue weighted by Crippen LogP contribution is 2.30. The molecular weight excluding hydrogens is 386 g/mol. The van der Waals surface area contributed by atoms with E-state index in [1.807, 2.05) is 0 Å². The Morgan fingerprint density at radius 1 is 1.29 bits per heavy atom. The number of likely N-dealkylation sites (N-methyl/N-ethyl adjacent to an activating group) is 1. The molecule has 1 aromatic carbocycles. The first kappa shape index (κ1) is 19.4. The molecule has 0 spiro atoms. The normalized spacial score (nSPS) is 17.7. The standard InChI is InChI=1S/C18H17N3O6S/c1-10(22)19-15-7-5-12(9-16(15)27-3)28(25,26)20-11-4-6-13-14(8-11)18(24)21(2)17(13)23/h4-9,23H,1-3H3,(H,19,22)/p-1. The lowest BCUT2D eigenvalue weighted by Crippen LogP contribution is -2.26. The number of sulfonamides is 1. The Bertz CT molecular complexity index is 1110. The monoisotopic (exact) mass is 402 g/mol. The Balaban J connectivity index is 1.98. The number of rotatable bonds is 4. The SMILES string of the molecule is COc1cc(S(=O)(=O)N=C2C=CC3=C([O-])N(C)C(=O)C3=C2)ccc1NC(C)=O. The number of benzene rings is 1. The number of carbonyl (C=O) groups excluding carboxylic acids is 2. The average molecular weight is 402 g/mol. The van der Waals surface area contributed by atoms with E-state index in [1.165, 1.54) is 57.5 Å². The van der Waals surface area contributed by atoms with Crippen LogP contribution in [0.1, 0.15) is 6.92 Å². The molecule has 10 heteroatoms. The Kier molecular flexibility index (Phi) is 4.82. The van der Waals surface area contributed by atoms with Gasteiger partial charge in [0, 0.05) is 20.0 Å². The highest BCUT2D eigenvalue weighted by atomic mass is 32.2. The molecule has 1 aliphatic heterocycles. The second kappa shape index (κ2) is 6.97. The summed E-state index contributed by atoms with van der Waals surface area (Å²) in [7, 11) is -1.44. The summed E-state index contributed by atoms with van der Waals surface area (Å²) in [6.45, 7) is 1.32. The number of methoxy groups -OCH3 is 1. The number of amides is 2. The number of ether oxygens (including phenoxy) is 1. The molecule has 0 bridgehead atoms. The van der Waals surface area contributed by atoms with Gasteiger partial charge in [0.15, 0.2) is 0 Å². The number of allylic oxidation sites excluding steroid dienone is 3. The zero-order valence-corrected chi connectivity index (χ0v) is 16.0. The smallest absolute Gasteiger partial charge is 0.282 e. The van der Waals surface area contributed by atoms with Gasteiger partial charge in [-0.3, -0.25) is 9.59 Å². The Hall–Kier alpha value is -3.40. The van der Waals surface area contributed by atoms with Crippen molar-refractivity contribution in [1.82, 2.24) is 4.90 Å². The summed E-state index contributed by atoms with van der Waals surface area (Å²) in [5.74, 6) is -1.15. The van der Waals surface area contributed by atoms with Crippen molar-refractivity contribution >= 4 is 33.2 Å². The average Bonchev–Trinajstić information content (AvgIpc) is 2.85. The van der Waals surface area contributed by atoms with Crippen LogP contribution in [0.3, 0.4) is 0 Å². The molecule has 0 atom stereocenters. The van der Waals surface area contributed by atoms with Crippen molar-refractivity contribution in [3.05, 3.63) is 53.5 Å². The van der Waals surface area contributed by atoms with Gasteiger partial charge in [-0.05, 0) is 35.7 Å². The molecule has 2 aliphatic rings. The highest BCUT2D eigenvalue weighted by molar-refractivity contribution is 7.90. The predicted molar refractivity (Wildman–Crippen MR) is 98.9 cm³/mol. The van der Waals surface area contributed by atoms with E-state index < -0.39 is 21.8 Å². The van der Waals surface area contributed by atoms with Crippen molar-refractivity contribution in [2.45, 2.75) is 11.8 Å². The summed E-state index contributed by atoms with van der Waals surface area (Å²) in [6.07, 6.45) is 3.98. The molecule has 0 aromatic heterocycles. The molecule has 0 fully saturated rings. The van der Waals surface area contributed by atoms with Gasteiger partial charge in [-0.25, -0.2) is 0 Å². The molecular formula is C18H16N3O6S-. The van der Waals surface area contributed by atoms with Crippen LogP contribution in [0.2, 0.25) is 0 Å². The van der Waals surface area contributed by atoms with Crippen molar-refractivity contribution in [2.75, 3.05) is 19.5 Å². The van der Waals surface area contributed by atoms with Crippen molar-refractivity contribution in [3.8, 4) is 5.75 Å². The summed E-state index contributed by atoms with van der Waals surface area (Å²) in [5, 5.41) is 14.4. The van der Waals surface area contributed by atoms with Crippen LogP contribution in [0.25, 0.3) is 0 Å². The van der Waals surface area contributed by atoms with Gasteiger partial charge in [0.2, 0.25) is 5.91 Å². The van der Waals surface area contributed by atoms with Crippen LogP contribution in [0.5, 0.6) is 5.75 Å². The van der Waals surface area contributed by atoms with Gasteiger partial charge >= 0.3 is 0 Å². The van der Waals surface area contributed by atoms with Crippen LogP contribution in [0.15, 0.2) is 62.7 Å². The zero-order valence-electron chi connectivity index (χ0n) is 15.2. The fourth-order valence-corrected chi connectivity index (χ4v) is 3.71. The molecule has 2 amide bonds. The molecule has 1 aromatic rings. The largest absolute Gasteiger partial charge is 0.860 e. The summed E-state index contributed by atoms with van der Waals surface area (Å²) in [6, 6.07) is 3.91. The van der Waals surface area contributed by atoms with Gasteiger partial charge in [-0.15, -0.1) is 0 Å². The van der Waals surface area contributed by atoms with Crippen LogP contribution in [-0.2, 0) is 19.6 Å². The molecule has 28 heavy (non-hydrogen) atoms. The topological polar surface area (TPSA) is 128 Å². The Morgan fingerprint density at radius 2 is 2.00 bits per heavy atom. The van der Waals surface area contributed by atoms with Gasteiger partial charge in [0.05, 0.1) is 29.0 Å². The maximum Gasteiger partial charge on any atom is 0.282 e. The fraction of sp³-hybridized carbons (Fsp3) is 0.167. The first-order valence-electron chi connectivity index (χ1n) is 8.04. The molecule has 1 N–H and O–H groups in total. The molecule has 9 nitrogen and oxygen atoms in total. The third kappa shape index (κ3) is 3.41. The number of carbonyl (C=O) groups is 2. The summed E-state index contributed by atoms with van der Waals surface area (Å²) in [4.78, 5) is 24.1. The van der Waals surface area contributed by atoms with Crippen molar-refractivity contribution in [3.63, 3.8) is 0 Å². The van der Waals surface area contributed by atoms with E-state index in [-0.39, 0.29) is 33.4 Å². The summed E-state index contributed by atoms with van der Waals surface area (Å²) in [5.41, 5.74) is 0.631. The predicted octanol–water partition coefficient (Wildman–Crippen LogP) is 0.323. The van der Waals surface area contributed by atoms with Gasteiger partial charge in [0.1, 0.15) is 5.75 Å². The van der Waals surface area contributed by atoms with Crippen LogP contribution in [-0.4, -0.2) is 45.0 Å². The molecule has 0 radical (unpaired) electrons. The van der Waals surface area contributed by atoms with Crippen molar-refractivity contribution in [1.29, 1.82) is 0 Å². The highest BCUT2D eigenvalue weighted by Gasteiger charge is 2.28. The lowest BCUT2D eigenvalue weighted by Gasteiger charge is -2.17. The van der Waals surface area contributed by atoms with Crippen LogP contribution in [0, 0.1) is 0 Å². The first-order valence-corrected chi connectivity index (χ1v) is 9.48. The zero-order chi connectivity index (χ0) is 20.6. The minimum Gasteiger partial charge on any atom is -0.860 e. The van der Waals surface area contributed by atoms with Crippen molar-refractivity contribution < 1.29 is 27.9 Å². The number of nitrogens with zero attached hydrogens (tertiary/aromatic N) is 2. The van der Waals surface area contributed by atoms with E-state index in [2.05, 4.69) is 9.71 Å². The number of hydrogen-bond donors (Lipinski definition) is 1. The molecule has 1 aliphatic carbocycles. The molecule has 1 heterocycles. The molecule has 3 rings (SSSR count). The first-order chi connectivity index (χ1) is 13.1. The van der Waals surface area contributed by atoms with Crippen LogP contribution in [0.4, 0.5) is 5.69 Å². The van der Waals surface area contributed by atoms with Gasteiger partial charge < -0.3 is 20.1 Å². The van der Waals surface area contributed by atoms with Gasteiger partial charge in [0.25, 0.3) is 15.9 Å². The fourth-order valence-electron chi connectivity index (χ4n) is 2.72. The molecule has 0 saturated carbocycles. The maximum absolute atomic E-state index is 12.6. The number of anilines is 1. The molecule has 0 saturated heterocycles. The van der Waals surface area contributed by atoms with E-state index in [1.54, 1.807) is 0 Å². The van der Waals surface area contributed by atoms with E-state index in [4.69, 9.17) is 4.74 Å². The third-order valence-electron chi connectivity index (χ3n) is 4.08. The van der Waals surface area contributed by atoms with Gasteiger partial charge in [-0.1, -0.05) is 6.08 Å². The van der Waals surface area contributed by atoms with E-state index in [0.29, 0.717) is 5.69 Å². The molecule has 0 unspecified atom stereocenters.